The van der Waals surface area contributed by atoms with Crippen LogP contribution in [0.1, 0.15) is 31.1 Å². The van der Waals surface area contributed by atoms with E-state index in [9.17, 15) is 13.2 Å². The molecule has 0 saturated carbocycles. The Balaban J connectivity index is 2.28. The van der Waals surface area contributed by atoms with Crippen LogP contribution in [0.4, 0.5) is 0 Å². The van der Waals surface area contributed by atoms with Gasteiger partial charge in [0.05, 0.1) is 4.90 Å². The van der Waals surface area contributed by atoms with E-state index in [2.05, 4.69) is 13.8 Å². The Morgan fingerprint density at radius 2 is 1.85 bits per heavy atom. The van der Waals surface area contributed by atoms with Crippen LogP contribution in [0.3, 0.4) is 0 Å². The first kappa shape index (κ1) is 15.5. The Morgan fingerprint density at radius 1 is 1.25 bits per heavy atom. The zero-order valence-corrected chi connectivity index (χ0v) is 13.6. The minimum absolute atomic E-state index is 0.0648. The van der Waals surface area contributed by atoms with E-state index in [0.717, 1.165) is 5.75 Å². The zero-order valence-electron chi connectivity index (χ0n) is 11.9. The maximum atomic E-state index is 12.6. The normalized spacial score (nSPS) is 19.8. The smallest absolute Gasteiger partial charge is 0.243 e. The highest BCUT2D eigenvalue weighted by Gasteiger charge is 2.34. The highest BCUT2D eigenvalue weighted by Crippen LogP contribution is 2.32. The Morgan fingerprint density at radius 3 is 2.35 bits per heavy atom. The number of benzene rings is 1. The van der Waals surface area contributed by atoms with Crippen molar-refractivity contribution in [2.24, 2.45) is 0 Å². The Labute approximate surface area is 124 Å². The van der Waals surface area contributed by atoms with Crippen molar-refractivity contribution < 1.29 is 13.2 Å². The molecule has 1 aromatic rings. The highest BCUT2D eigenvalue weighted by atomic mass is 32.2. The molecule has 1 saturated heterocycles. The standard InChI is InChI=1S/C14H19NO3S2/c1-11(16)12-4-6-13(7-5-12)20(17,18)15-8-9-19-14(2,3)10-15/h4-7H,8-10H2,1-3H3. The van der Waals surface area contributed by atoms with Crippen molar-refractivity contribution in [3.05, 3.63) is 29.8 Å². The molecule has 0 unspecified atom stereocenters. The summed E-state index contributed by atoms with van der Waals surface area (Å²) in [6.45, 7) is 6.61. The molecule has 110 valence electrons. The number of sulfonamides is 1. The molecule has 0 radical (unpaired) electrons. The number of hydrogen-bond donors (Lipinski definition) is 0. The molecular weight excluding hydrogens is 294 g/mol. The first-order valence-corrected chi connectivity index (χ1v) is 8.90. The number of ketones is 1. The topological polar surface area (TPSA) is 54.5 Å². The predicted octanol–water partition coefficient (Wildman–Crippen LogP) is 2.41. The summed E-state index contributed by atoms with van der Waals surface area (Å²) in [6.07, 6.45) is 0. The van der Waals surface area contributed by atoms with Crippen molar-refractivity contribution in [2.75, 3.05) is 18.8 Å². The van der Waals surface area contributed by atoms with Crippen molar-refractivity contribution in [1.29, 1.82) is 0 Å². The summed E-state index contributed by atoms with van der Waals surface area (Å²) in [5.74, 6) is 0.738. The third kappa shape index (κ3) is 3.24. The van der Waals surface area contributed by atoms with Crippen LogP contribution in [0.15, 0.2) is 29.2 Å². The summed E-state index contributed by atoms with van der Waals surface area (Å²) in [6, 6.07) is 6.17. The molecule has 2 rings (SSSR count). The van der Waals surface area contributed by atoms with Crippen molar-refractivity contribution in [2.45, 2.75) is 30.4 Å². The number of rotatable bonds is 3. The summed E-state index contributed by atoms with van der Waals surface area (Å²) in [4.78, 5) is 11.5. The molecule has 20 heavy (non-hydrogen) atoms. The minimum atomic E-state index is -3.47. The molecular formula is C14H19NO3S2. The lowest BCUT2D eigenvalue weighted by Crippen LogP contribution is -2.46. The van der Waals surface area contributed by atoms with E-state index in [1.807, 2.05) is 0 Å². The lowest BCUT2D eigenvalue weighted by molar-refractivity contribution is 0.101. The van der Waals surface area contributed by atoms with Gasteiger partial charge in [-0.1, -0.05) is 12.1 Å². The van der Waals surface area contributed by atoms with Crippen molar-refractivity contribution in [1.82, 2.24) is 4.31 Å². The van der Waals surface area contributed by atoms with Gasteiger partial charge in [-0.25, -0.2) is 8.42 Å². The molecule has 4 nitrogen and oxygen atoms in total. The monoisotopic (exact) mass is 313 g/mol. The molecule has 0 aliphatic carbocycles. The maximum Gasteiger partial charge on any atom is 0.243 e. The predicted molar refractivity (Wildman–Crippen MR) is 81.7 cm³/mol. The average molecular weight is 313 g/mol. The van der Waals surface area contributed by atoms with Crippen LogP contribution < -0.4 is 0 Å². The molecule has 0 aromatic heterocycles. The first-order valence-electron chi connectivity index (χ1n) is 6.47. The molecule has 0 bridgehead atoms. The van der Waals surface area contributed by atoms with Gasteiger partial charge in [0.2, 0.25) is 10.0 Å². The van der Waals surface area contributed by atoms with Gasteiger partial charge in [0.1, 0.15) is 0 Å². The van der Waals surface area contributed by atoms with E-state index in [0.29, 0.717) is 18.7 Å². The van der Waals surface area contributed by atoms with Crippen LogP contribution >= 0.6 is 11.8 Å². The Kier molecular flexibility index (Phi) is 4.27. The molecule has 1 aliphatic heterocycles. The summed E-state index contributed by atoms with van der Waals surface area (Å²) in [5, 5.41) is 0. The SMILES string of the molecule is CC(=O)c1ccc(S(=O)(=O)N2CCSC(C)(C)C2)cc1. The maximum absolute atomic E-state index is 12.6. The van der Waals surface area contributed by atoms with Gasteiger partial charge >= 0.3 is 0 Å². The molecule has 1 heterocycles. The summed E-state index contributed by atoms with van der Waals surface area (Å²) < 4.78 is 26.6. The molecule has 0 atom stereocenters. The fourth-order valence-corrected chi connectivity index (χ4v) is 5.10. The van der Waals surface area contributed by atoms with Crippen LogP contribution in [-0.2, 0) is 10.0 Å². The Bertz CT molecular complexity index is 606. The number of Topliss-reactive ketones (excluding diaryl/α,β-unsaturated/α-hetero) is 1. The van der Waals surface area contributed by atoms with Gasteiger partial charge in [0.15, 0.2) is 5.78 Å². The van der Waals surface area contributed by atoms with Gasteiger partial charge in [0, 0.05) is 29.2 Å². The van der Waals surface area contributed by atoms with E-state index >= 15 is 0 Å². The number of thioether (sulfide) groups is 1. The second kappa shape index (κ2) is 5.50. The largest absolute Gasteiger partial charge is 0.295 e. The van der Waals surface area contributed by atoms with Gasteiger partial charge in [0.25, 0.3) is 0 Å². The van der Waals surface area contributed by atoms with Gasteiger partial charge < -0.3 is 0 Å². The highest BCUT2D eigenvalue weighted by molar-refractivity contribution is 8.00. The van der Waals surface area contributed by atoms with Gasteiger partial charge in [-0.3, -0.25) is 4.79 Å². The third-order valence-electron chi connectivity index (χ3n) is 3.29. The molecule has 0 N–H and O–H groups in total. The molecule has 0 amide bonds. The van der Waals surface area contributed by atoms with Crippen LogP contribution in [0.5, 0.6) is 0 Å². The third-order valence-corrected chi connectivity index (χ3v) is 6.45. The van der Waals surface area contributed by atoms with Crippen LogP contribution in [0.2, 0.25) is 0 Å². The number of carbonyl (C=O) groups is 1. The quantitative estimate of drug-likeness (QED) is 0.804. The minimum Gasteiger partial charge on any atom is -0.295 e. The number of hydrogen-bond acceptors (Lipinski definition) is 4. The van der Waals surface area contributed by atoms with E-state index in [-0.39, 0.29) is 15.4 Å². The van der Waals surface area contributed by atoms with Crippen LogP contribution in [0, 0.1) is 0 Å². The van der Waals surface area contributed by atoms with E-state index in [4.69, 9.17) is 0 Å². The van der Waals surface area contributed by atoms with Gasteiger partial charge in [-0.05, 0) is 32.9 Å². The van der Waals surface area contributed by atoms with Crippen LogP contribution in [0.25, 0.3) is 0 Å². The average Bonchev–Trinajstić information content (AvgIpc) is 2.37. The second-order valence-electron chi connectivity index (χ2n) is 5.53. The van der Waals surface area contributed by atoms with Crippen molar-refractivity contribution in [3.8, 4) is 0 Å². The summed E-state index contributed by atoms with van der Waals surface area (Å²) >= 11 is 1.79. The Hall–Kier alpha value is -0.850. The molecule has 6 heteroatoms. The van der Waals surface area contributed by atoms with Crippen molar-refractivity contribution in [3.63, 3.8) is 0 Å². The van der Waals surface area contributed by atoms with Crippen molar-refractivity contribution >= 4 is 27.6 Å². The van der Waals surface area contributed by atoms with Gasteiger partial charge in [-0.15, -0.1) is 0 Å². The molecule has 1 aliphatic rings. The zero-order chi connectivity index (χ0) is 15.0. The van der Waals surface area contributed by atoms with Gasteiger partial charge in [-0.2, -0.15) is 16.1 Å². The van der Waals surface area contributed by atoms with Crippen LogP contribution in [-0.4, -0.2) is 42.1 Å². The molecule has 0 spiro atoms. The van der Waals surface area contributed by atoms with E-state index < -0.39 is 10.0 Å². The number of nitrogens with zero attached hydrogens (tertiary/aromatic N) is 1. The first-order chi connectivity index (χ1) is 9.22. The van der Waals surface area contributed by atoms with E-state index in [1.165, 1.54) is 23.4 Å². The lowest BCUT2D eigenvalue weighted by Gasteiger charge is -2.36. The second-order valence-corrected chi connectivity index (χ2v) is 9.27. The fraction of sp³-hybridized carbons (Fsp3) is 0.500. The summed E-state index contributed by atoms with van der Waals surface area (Å²) in [7, 11) is -3.47. The van der Waals surface area contributed by atoms with E-state index in [1.54, 1.807) is 23.9 Å². The molecule has 1 aromatic carbocycles. The molecule has 1 fully saturated rings. The summed E-state index contributed by atoms with van der Waals surface area (Å²) in [5.41, 5.74) is 0.526. The lowest BCUT2D eigenvalue weighted by atomic mass is 10.2. The fourth-order valence-electron chi connectivity index (χ4n) is 2.19. The number of carbonyl (C=O) groups excluding carboxylic acids is 1.